The average Bonchev–Trinajstić information content (AvgIpc) is 3.35. The Bertz CT molecular complexity index is 1250. The molecule has 2 aromatic carbocycles. The highest BCUT2D eigenvalue weighted by atomic mass is 35.5. The predicted molar refractivity (Wildman–Crippen MR) is 128 cm³/mol. The van der Waals surface area contributed by atoms with E-state index >= 15 is 0 Å². The van der Waals surface area contributed by atoms with Crippen molar-refractivity contribution in [2.45, 2.75) is 6.92 Å². The number of thiocarbonyl (C=S) groups is 1. The van der Waals surface area contributed by atoms with Crippen molar-refractivity contribution in [2.75, 3.05) is 5.32 Å². The van der Waals surface area contributed by atoms with E-state index in [1.54, 1.807) is 25.1 Å². The van der Waals surface area contributed by atoms with Gasteiger partial charge in [-0.25, -0.2) is 4.98 Å². The van der Waals surface area contributed by atoms with Crippen LogP contribution in [0, 0.1) is 6.92 Å². The molecule has 2 N–H and O–H groups in total. The zero-order valence-corrected chi connectivity index (χ0v) is 19.1. The molecule has 0 radical (unpaired) electrons. The molecular formula is C21H14Cl2N4O2S2. The van der Waals surface area contributed by atoms with Crippen molar-refractivity contribution in [1.29, 1.82) is 0 Å². The van der Waals surface area contributed by atoms with Crippen molar-refractivity contribution in [2.24, 2.45) is 0 Å². The molecule has 4 aromatic rings. The van der Waals surface area contributed by atoms with E-state index in [0.717, 1.165) is 11.3 Å². The maximum absolute atomic E-state index is 12.9. The summed E-state index contributed by atoms with van der Waals surface area (Å²) in [7, 11) is 0. The van der Waals surface area contributed by atoms with E-state index in [1.807, 2.05) is 35.7 Å². The molecule has 0 saturated heterocycles. The quantitative estimate of drug-likeness (QED) is 0.332. The van der Waals surface area contributed by atoms with Gasteiger partial charge in [0, 0.05) is 16.5 Å². The molecule has 4 rings (SSSR count). The first-order chi connectivity index (χ1) is 14.9. The number of aromatic nitrogens is 2. The van der Waals surface area contributed by atoms with Crippen LogP contribution < -0.4 is 10.6 Å². The summed E-state index contributed by atoms with van der Waals surface area (Å²) in [5.74, 6) is -0.186. The first-order valence-corrected chi connectivity index (χ1v) is 11.0. The van der Waals surface area contributed by atoms with Gasteiger partial charge in [-0.05, 0) is 31.3 Å². The third-order valence-electron chi connectivity index (χ3n) is 4.31. The molecule has 156 valence electrons. The van der Waals surface area contributed by atoms with Crippen LogP contribution in [-0.2, 0) is 0 Å². The Morgan fingerprint density at radius 3 is 2.52 bits per heavy atom. The van der Waals surface area contributed by atoms with Crippen LogP contribution in [-0.4, -0.2) is 21.2 Å². The van der Waals surface area contributed by atoms with Crippen molar-refractivity contribution in [3.05, 3.63) is 75.3 Å². The maximum atomic E-state index is 12.9. The fraction of sp³-hybridized carbons (Fsp3) is 0.0476. The van der Waals surface area contributed by atoms with E-state index in [4.69, 9.17) is 39.9 Å². The smallest absolute Gasteiger partial charge is 0.263 e. The lowest BCUT2D eigenvalue weighted by atomic mass is 10.1. The molecule has 0 aliphatic carbocycles. The summed E-state index contributed by atoms with van der Waals surface area (Å²) in [6.07, 6.45) is 0. The Labute approximate surface area is 197 Å². The van der Waals surface area contributed by atoms with Crippen molar-refractivity contribution in [3.8, 4) is 22.5 Å². The van der Waals surface area contributed by atoms with Gasteiger partial charge in [-0.1, -0.05) is 64.8 Å². The second kappa shape index (κ2) is 9.15. The SMILES string of the molecule is Cc1onc(-c2c(Cl)cccc2Cl)c1C(=O)NC(=S)Nc1nc(-c2ccccc2)cs1. The zero-order chi connectivity index (χ0) is 22.0. The van der Waals surface area contributed by atoms with Crippen LogP contribution >= 0.6 is 46.8 Å². The number of rotatable bonds is 4. The van der Waals surface area contributed by atoms with Gasteiger partial charge in [0.25, 0.3) is 5.91 Å². The van der Waals surface area contributed by atoms with E-state index < -0.39 is 5.91 Å². The number of hydrogen-bond donors (Lipinski definition) is 2. The van der Waals surface area contributed by atoms with E-state index in [-0.39, 0.29) is 16.4 Å². The molecule has 31 heavy (non-hydrogen) atoms. The molecular weight excluding hydrogens is 475 g/mol. The van der Waals surface area contributed by atoms with Gasteiger partial charge in [0.15, 0.2) is 10.2 Å². The highest BCUT2D eigenvalue weighted by molar-refractivity contribution is 7.80. The lowest BCUT2D eigenvalue weighted by Gasteiger charge is -2.09. The van der Waals surface area contributed by atoms with Crippen LogP contribution in [0.1, 0.15) is 16.1 Å². The number of benzene rings is 2. The number of carbonyl (C=O) groups is 1. The Morgan fingerprint density at radius 2 is 1.81 bits per heavy atom. The van der Waals surface area contributed by atoms with Gasteiger partial charge in [-0.3, -0.25) is 10.1 Å². The van der Waals surface area contributed by atoms with Gasteiger partial charge >= 0.3 is 0 Å². The summed E-state index contributed by atoms with van der Waals surface area (Å²) in [5.41, 5.74) is 2.66. The minimum absolute atomic E-state index is 0.0933. The molecule has 0 aliphatic rings. The number of thiazole rings is 1. The van der Waals surface area contributed by atoms with Crippen LogP contribution in [0.2, 0.25) is 10.0 Å². The Morgan fingerprint density at radius 1 is 1.10 bits per heavy atom. The van der Waals surface area contributed by atoms with Crippen LogP contribution in [0.25, 0.3) is 22.5 Å². The number of halogens is 2. The van der Waals surface area contributed by atoms with Gasteiger partial charge in [0.2, 0.25) is 0 Å². The number of aryl methyl sites for hydroxylation is 1. The van der Waals surface area contributed by atoms with E-state index in [2.05, 4.69) is 20.8 Å². The van der Waals surface area contributed by atoms with Crippen LogP contribution in [0.5, 0.6) is 0 Å². The number of anilines is 1. The van der Waals surface area contributed by atoms with Crippen LogP contribution in [0.15, 0.2) is 58.4 Å². The Balaban J connectivity index is 1.51. The standard InChI is InChI=1S/C21H14Cl2N4O2S2/c1-11-16(18(27-29-11)17-13(22)8-5-9-14(17)23)19(28)25-20(30)26-21-24-15(10-31-21)12-6-3-2-4-7-12/h2-10H,1H3,(H2,24,25,26,28,30). The normalized spacial score (nSPS) is 10.7. The zero-order valence-electron chi connectivity index (χ0n) is 16.0. The lowest BCUT2D eigenvalue weighted by molar-refractivity contribution is 0.0977. The summed E-state index contributed by atoms with van der Waals surface area (Å²) in [6, 6.07) is 14.8. The number of amides is 1. The topological polar surface area (TPSA) is 80.0 Å². The average molecular weight is 489 g/mol. The second-order valence-electron chi connectivity index (χ2n) is 6.37. The van der Waals surface area contributed by atoms with Crippen molar-refractivity contribution in [3.63, 3.8) is 0 Å². The summed E-state index contributed by atoms with van der Waals surface area (Å²) < 4.78 is 5.23. The van der Waals surface area contributed by atoms with E-state index in [0.29, 0.717) is 26.5 Å². The predicted octanol–water partition coefficient (Wildman–Crippen LogP) is 6.21. The first kappa shape index (κ1) is 21.5. The molecule has 0 unspecified atom stereocenters. The Kier molecular flexibility index (Phi) is 6.33. The summed E-state index contributed by atoms with van der Waals surface area (Å²) >= 11 is 19.2. The number of nitrogens with one attached hydrogen (secondary N) is 2. The number of hydrogen-bond acceptors (Lipinski definition) is 6. The van der Waals surface area contributed by atoms with Crippen molar-refractivity contribution >= 4 is 62.9 Å². The fourth-order valence-corrected chi connectivity index (χ4v) is 4.46. The highest BCUT2D eigenvalue weighted by Gasteiger charge is 2.25. The largest absolute Gasteiger partial charge is 0.360 e. The summed E-state index contributed by atoms with van der Waals surface area (Å²) in [5, 5.41) is 12.8. The molecule has 0 atom stereocenters. The van der Waals surface area contributed by atoms with Crippen molar-refractivity contribution in [1.82, 2.24) is 15.5 Å². The Hall–Kier alpha value is -2.78. The van der Waals surface area contributed by atoms with E-state index in [9.17, 15) is 4.79 Å². The summed E-state index contributed by atoms with van der Waals surface area (Å²) in [6.45, 7) is 1.62. The monoisotopic (exact) mass is 488 g/mol. The van der Waals surface area contributed by atoms with Gasteiger partial charge < -0.3 is 9.84 Å². The molecule has 0 bridgehead atoms. The van der Waals surface area contributed by atoms with Crippen molar-refractivity contribution < 1.29 is 9.32 Å². The summed E-state index contributed by atoms with van der Waals surface area (Å²) in [4.78, 5) is 17.4. The molecule has 2 aromatic heterocycles. The molecule has 0 aliphatic heterocycles. The van der Waals surface area contributed by atoms with Gasteiger partial charge in [-0.15, -0.1) is 11.3 Å². The molecule has 2 heterocycles. The van der Waals surface area contributed by atoms with E-state index in [1.165, 1.54) is 11.3 Å². The number of nitrogens with zero attached hydrogens (tertiary/aromatic N) is 2. The van der Waals surface area contributed by atoms with Gasteiger partial charge in [0.1, 0.15) is 17.0 Å². The van der Waals surface area contributed by atoms with Gasteiger partial charge in [-0.2, -0.15) is 0 Å². The number of carbonyl (C=O) groups excluding carboxylic acids is 1. The molecule has 0 fully saturated rings. The third kappa shape index (κ3) is 4.62. The lowest BCUT2D eigenvalue weighted by Crippen LogP contribution is -2.34. The maximum Gasteiger partial charge on any atom is 0.263 e. The molecule has 1 amide bonds. The first-order valence-electron chi connectivity index (χ1n) is 8.98. The minimum atomic E-state index is -0.498. The van der Waals surface area contributed by atoms with Crippen LogP contribution in [0.3, 0.4) is 0 Å². The minimum Gasteiger partial charge on any atom is -0.360 e. The van der Waals surface area contributed by atoms with Gasteiger partial charge in [0.05, 0.1) is 15.7 Å². The molecule has 0 saturated carbocycles. The molecule has 6 nitrogen and oxygen atoms in total. The molecule has 0 spiro atoms. The van der Waals surface area contributed by atoms with Crippen LogP contribution in [0.4, 0.5) is 5.13 Å². The highest BCUT2D eigenvalue weighted by Crippen LogP contribution is 2.36. The molecule has 10 heteroatoms. The fourth-order valence-electron chi connectivity index (χ4n) is 2.90. The second-order valence-corrected chi connectivity index (χ2v) is 8.45. The third-order valence-corrected chi connectivity index (χ3v) is 5.90.